The Bertz CT molecular complexity index is 1880. The zero-order chi connectivity index (χ0) is 30.8. The number of benzene rings is 5. The van der Waals surface area contributed by atoms with Gasteiger partial charge in [0.25, 0.3) is 11.8 Å². The summed E-state index contributed by atoms with van der Waals surface area (Å²) in [4.78, 5) is 30.5. The zero-order valence-electron chi connectivity index (χ0n) is 24.0. The maximum Gasteiger partial charge on any atom is 0.270 e. The lowest BCUT2D eigenvalue weighted by molar-refractivity contribution is -0.120. The average Bonchev–Trinajstić information content (AvgIpc) is 3.04. The van der Waals surface area contributed by atoms with Crippen molar-refractivity contribution in [3.63, 3.8) is 0 Å². The topological polar surface area (TPSA) is 59.1 Å². The molecule has 6 rings (SSSR count). The first-order chi connectivity index (χ1) is 21.4. The molecule has 1 aliphatic rings. The predicted molar refractivity (Wildman–Crippen MR) is 179 cm³/mol. The van der Waals surface area contributed by atoms with Crippen LogP contribution in [0.3, 0.4) is 0 Å². The van der Waals surface area contributed by atoms with Gasteiger partial charge in [-0.3, -0.25) is 19.4 Å². The summed E-state index contributed by atoms with van der Waals surface area (Å²) in [6.45, 7) is 2.32. The fraction of sp³-hybridized carbons (Fsp3) is 0.0833. The standard InChI is InChI=1S/C36H27ClN2O4S/c1-23-17-18-25-11-9-10-16-28(25)30(23)22-43-33-31(37)20-24(21-32(33)42-2)19-29-34(40)38(26-12-5-3-6-13-26)36(44)39(35(29)41)27-14-7-4-8-15-27/h3-21H,22H2,1-2H3. The number of amides is 2. The van der Waals surface area contributed by atoms with Crippen LogP contribution in [-0.4, -0.2) is 24.0 Å². The van der Waals surface area contributed by atoms with E-state index >= 15 is 0 Å². The molecule has 2 amide bonds. The highest BCUT2D eigenvalue weighted by Gasteiger charge is 2.41. The quantitative estimate of drug-likeness (QED) is 0.105. The summed E-state index contributed by atoms with van der Waals surface area (Å²) in [5.41, 5.74) is 3.65. The van der Waals surface area contributed by atoms with Crippen LogP contribution < -0.4 is 19.3 Å². The van der Waals surface area contributed by atoms with Gasteiger partial charge < -0.3 is 9.47 Å². The Morgan fingerprint density at radius 1 is 0.795 bits per heavy atom. The monoisotopic (exact) mass is 618 g/mol. The number of carbonyl (C=O) groups is 2. The van der Waals surface area contributed by atoms with Gasteiger partial charge in [0.1, 0.15) is 12.2 Å². The molecule has 1 saturated heterocycles. The number of hydrogen-bond acceptors (Lipinski definition) is 5. The van der Waals surface area contributed by atoms with E-state index in [0.717, 1.165) is 21.9 Å². The Hall–Kier alpha value is -4.98. The second-order valence-corrected chi connectivity index (χ2v) is 11.0. The van der Waals surface area contributed by atoms with Gasteiger partial charge in [-0.1, -0.05) is 84.4 Å². The van der Waals surface area contributed by atoms with Crippen molar-refractivity contribution in [2.75, 3.05) is 16.9 Å². The number of methoxy groups -OCH3 is 1. The van der Waals surface area contributed by atoms with E-state index in [4.69, 9.17) is 33.3 Å². The van der Waals surface area contributed by atoms with E-state index in [-0.39, 0.29) is 22.3 Å². The molecule has 1 heterocycles. The lowest BCUT2D eigenvalue weighted by Gasteiger charge is -2.36. The van der Waals surface area contributed by atoms with Crippen LogP contribution in [0.5, 0.6) is 11.5 Å². The molecule has 0 bridgehead atoms. The molecule has 1 fully saturated rings. The minimum absolute atomic E-state index is 0.0673. The van der Waals surface area contributed by atoms with Crippen LogP contribution in [0.15, 0.2) is 115 Å². The Labute approximate surface area is 265 Å². The minimum Gasteiger partial charge on any atom is -0.493 e. The van der Waals surface area contributed by atoms with Crippen molar-refractivity contribution in [2.24, 2.45) is 0 Å². The molecular weight excluding hydrogens is 592 g/mol. The second kappa shape index (κ2) is 12.3. The largest absolute Gasteiger partial charge is 0.493 e. The smallest absolute Gasteiger partial charge is 0.270 e. The van der Waals surface area contributed by atoms with Gasteiger partial charge in [-0.25, -0.2) is 0 Å². The van der Waals surface area contributed by atoms with Gasteiger partial charge in [-0.05, 0) is 83.5 Å². The van der Waals surface area contributed by atoms with Gasteiger partial charge in [-0.15, -0.1) is 0 Å². The summed E-state index contributed by atoms with van der Waals surface area (Å²) in [7, 11) is 1.52. The Morgan fingerprint density at radius 2 is 1.39 bits per heavy atom. The first-order valence-electron chi connectivity index (χ1n) is 13.9. The van der Waals surface area contributed by atoms with Gasteiger partial charge in [0.05, 0.1) is 23.5 Å². The Kier molecular flexibility index (Phi) is 8.15. The molecule has 0 N–H and O–H groups in total. The average molecular weight is 619 g/mol. The molecule has 1 aliphatic heterocycles. The van der Waals surface area contributed by atoms with E-state index in [2.05, 4.69) is 24.3 Å². The third kappa shape index (κ3) is 5.43. The van der Waals surface area contributed by atoms with Crippen molar-refractivity contribution in [3.05, 3.63) is 136 Å². The van der Waals surface area contributed by atoms with Crippen molar-refractivity contribution in [2.45, 2.75) is 13.5 Å². The highest BCUT2D eigenvalue weighted by Crippen LogP contribution is 2.39. The van der Waals surface area contributed by atoms with Crippen molar-refractivity contribution in [1.82, 2.24) is 0 Å². The number of carbonyl (C=O) groups excluding carboxylic acids is 2. The molecule has 0 radical (unpaired) electrons. The molecule has 0 spiro atoms. The minimum atomic E-state index is -0.541. The van der Waals surface area contributed by atoms with Crippen LogP contribution in [-0.2, 0) is 16.2 Å². The number of hydrogen-bond donors (Lipinski definition) is 0. The molecule has 0 aromatic heterocycles. The second-order valence-electron chi connectivity index (χ2n) is 10.2. The molecule has 0 unspecified atom stereocenters. The van der Waals surface area contributed by atoms with E-state index in [1.807, 2.05) is 31.2 Å². The van der Waals surface area contributed by atoms with Crippen molar-refractivity contribution in [3.8, 4) is 11.5 Å². The molecule has 218 valence electrons. The van der Waals surface area contributed by atoms with Crippen LogP contribution >= 0.6 is 23.8 Å². The van der Waals surface area contributed by atoms with Gasteiger partial charge in [-0.2, -0.15) is 0 Å². The number of rotatable bonds is 7. The highest BCUT2D eigenvalue weighted by molar-refractivity contribution is 7.81. The van der Waals surface area contributed by atoms with Crippen LogP contribution in [0.1, 0.15) is 16.7 Å². The van der Waals surface area contributed by atoms with Gasteiger partial charge in [0, 0.05) is 5.56 Å². The number of halogens is 1. The van der Waals surface area contributed by atoms with E-state index in [1.165, 1.54) is 23.0 Å². The van der Waals surface area contributed by atoms with E-state index < -0.39 is 11.8 Å². The summed E-state index contributed by atoms with van der Waals surface area (Å²) in [6.07, 6.45) is 1.51. The number of para-hydroxylation sites is 2. The fourth-order valence-electron chi connectivity index (χ4n) is 5.25. The molecule has 5 aromatic rings. The number of aryl methyl sites for hydroxylation is 1. The third-order valence-electron chi connectivity index (χ3n) is 7.48. The van der Waals surface area contributed by atoms with Crippen molar-refractivity contribution < 1.29 is 19.1 Å². The maximum absolute atomic E-state index is 13.9. The summed E-state index contributed by atoms with van der Waals surface area (Å²) in [5, 5.41) is 2.56. The molecule has 0 aliphatic carbocycles. The molecule has 8 heteroatoms. The lowest BCUT2D eigenvalue weighted by Crippen LogP contribution is -2.56. The van der Waals surface area contributed by atoms with Gasteiger partial charge >= 0.3 is 0 Å². The molecule has 6 nitrogen and oxygen atoms in total. The van der Waals surface area contributed by atoms with Crippen LogP contribution in [0.4, 0.5) is 11.4 Å². The molecule has 0 saturated carbocycles. The molecule has 5 aromatic carbocycles. The van der Waals surface area contributed by atoms with Gasteiger partial charge in [0.15, 0.2) is 16.6 Å². The number of nitrogens with zero attached hydrogens (tertiary/aromatic N) is 2. The highest BCUT2D eigenvalue weighted by atomic mass is 35.5. The number of fused-ring (bicyclic) bond motifs is 1. The Balaban J connectivity index is 1.38. The Morgan fingerprint density at radius 3 is 2.00 bits per heavy atom. The first-order valence-corrected chi connectivity index (χ1v) is 14.7. The summed E-state index contributed by atoms with van der Waals surface area (Å²) in [5.74, 6) is -0.350. The van der Waals surface area contributed by atoms with E-state index in [0.29, 0.717) is 28.4 Å². The molecule has 0 atom stereocenters. The first kappa shape index (κ1) is 29.1. The molecule has 44 heavy (non-hydrogen) atoms. The van der Waals surface area contributed by atoms with Crippen molar-refractivity contribution in [1.29, 1.82) is 0 Å². The van der Waals surface area contributed by atoms with Crippen LogP contribution in [0.25, 0.3) is 16.8 Å². The number of anilines is 2. The van der Waals surface area contributed by atoms with E-state index in [1.54, 1.807) is 60.7 Å². The van der Waals surface area contributed by atoms with Crippen molar-refractivity contribution >= 4 is 69.0 Å². The fourth-order valence-corrected chi connectivity index (χ4v) is 5.90. The third-order valence-corrected chi connectivity index (χ3v) is 8.12. The number of thiocarbonyl (C=S) groups is 1. The summed E-state index contributed by atoms with van der Waals surface area (Å²) in [6, 6.07) is 33.6. The summed E-state index contributed by atoms with van der Waals surface area (Å²) >= 11 is 12.4. The lowest BCUT2D eigenvalue weighted by atomic mass is 10.0. The van der Waals surface area contributed by atoms with Crippen LogP contribution in [0, 0.1) is 6.92 Å². The maximum atomic E-state index is 13.9. The van der Waals surface area contributed by atoms with E-state index in [9.17, 15) is 9.59 Å². The normalized spacial score (nSPS) is 13.4. The SMILES string of the molecule is COc1cc(C=C2C(=O)N(c3ccccc3)C(=S)N(c3ccccc3)C2=O)cc(Cl)c1OCc1c(C)ccc2ccccc12. The predicted octanol–water partition coefficient (Wildman–Crippen LogP) is 8.14. The summed E-state index contributed by atoms with van der Waals surface area (Å²) < 4.78 is 11.9. The molecular formula is C36H27ClN2O4S. The van der Waals surface area contributed by atoms with Gasteiger partial charge in [0.2, 0.25) is 0 Å². The zero-order valence-corrected chi connectivity index (χ0v) is 25.6. The number of ether oxygens (including phenoxy) is 2. The van der Waals surface area contributed by atoms with Crippen LogP contribution in [0.2, 0.25) is 5.02 Å².